The van der Waals surface area contributed by atoms with Crippen LogP contribution in [0.2, 0.25) is 0 Å². The van der Waals surface area contributed by atoms with E-state index >= 15 is 0 Å². The first-order valence-corrected chi connectivity index (χ1v) is 14.0. The van der Waals surface area contributed by atoms with Crippen molar-refractivity contribution in [3.63, 3.8) is 0 Å². The summed E-state index contributed by atoms with van der Waals surface area (Å²) >= 11 is 0. The molecule has 41 heavy (non-hydrogen) atoms. The van der Waals surface area contributed by atoms with Crippen molar-refractivity contribution in [2.45, 2.75) is 26.3 Å². The third-order valence-electron chi connectivity index (χ3n) is 6.75. The van der Waals surface area contributed by atoms with E-state index in [9.17, 15) is 4.79 Å². The highest BCUT2D eigenvalue weighted by molar-refractivity contribution is 6.10. The van der Waals surface area contributed by atoms with Gasteiger partial charge in [-0.2, -0.15) is 0 Å². The minimum atomic E-state index is -0.409. The highest BCUT2D eigenvalue weighted by atomic mass is 16.1. The van der Waals surface area contributed by atoms with Crippen LogP contribution in [0, 0.1) is 0 Å². The molecule has 0 bridgehead atoms. The number of hydrogen-bond acceptors (Lipinski definition) is 1. The first-order valence-electron chi connectivity index (χ1n) is 14.0. The first kappa shape index (κ1) is 27.6. The lowest BCUT2D eigenvalue weighted by Gasteiger charge is -2.25. The second kappa shape index (κ2) is 12.5. The van der Waals surface area contributed by atoms with E-state index in [1.807, 2.05) is 93.6 Å². The fourth-order valence-corrected chi connectivity index (χ4v) is 4.95. The van der Waals surface area contributed by atoms with E-state index in [4.69, 9.17) is 0 Å². The largest absolute Gasteiger partial charge is 0.347 e. The summed E-state index contributed by atoms with van der Waals surface area (Å²) in [5.74, 6) is -0.104. The molecule has 0 saturated heterocycles. The lowest BCUT2D eigenvalue weighted by Crippen LogP contribution is -2.41. The average Bonchev–Trinajstić information content (AvgIpc) is 2.99. The third kappa shape index (κ3) is 6.98. The Kier molecular flexibility index (Phi) is 8.41. The molecule has 0 aliphatic heterocycles. The Hall–Kier alpha value is -4.95. The Labute approximate surface area is 243 Å². The maximum atomic E-state index is 14.3. The lowest BCUT2D eigenvalue weighted by atomic mass is 9.84. The van der Waals surface area contributed by atoms with Gasteiger partial charge in [0.2, 0.25) is 0 Å². The maximum Gasteiger partial charge on any atom is 0.252 e. The van der Waals surface area contributed by atoms with Gasteiger partial charge in [0.1, 0.15) is 0 Å². The van der Waals surface area contributed by atoms with Crippen LogP contribution in [0.15, 0.2) is 140 Å². The van der Waals surface area contributed by atoms with Gasteiger partial charge in [0.05, 0.1) is 5.56 Å². The standard InChI is InChI=1S/C39H35NO/c1-39(2,3)40-38(41)37-33(35(31-21-12-6-13-22-31)27-29-17-8-4-9-18-29)25-16-26-34(37)36(32-23-14-7-15-24-32)28-30-19-10-5-11-20-30/h4-28H,1-3H3,(H,40,41)/b35-27+,36-28+. The van der Waals surface area contributed by atoms with E-state index in [2.05, 4.69) is 84.2 Å². The van der Waals surface area contributed by atoms with Crippen LogP contribution in [0.1, 0.15) is 64.5 Å². The lowest BCUT2D eigenvalue weighted by molar-refractivity contribution is 0.0919. The fourth-order valence-electron chi connectivity index (χ4n) is 4.95. The molecule has 0 aliphatic rings. The molecular formula is C39H35NO. The Morgan fingerprint density at radius 1 is 0.512 bits per heavy atom. The summed E-state index contributed by atoms with van der Waals surface area (Å²) in [7, 11) is 0. The van der Waals surface area contributed by atoms with Gasteiger partial charge in [0.25, 0.3) is 5.91 Å². The van der Waals surface area contributed by atoms with E-state index in [0.717, 1.165) is 44.5 Å². The molecule has 0 unspecified atom stereocenters. The van der Waals surface area contributed by atoms with Crippen molar-refractivity contribution in [2.24, 2.45) is 0 Å². The normalized spacial score (nSPS) is 12.2. The van der Waals surface area contributed by atoms with Gasteiger partial charge in [-0.1, -0.05) is 140 Å². The van der Waals surface area contributed by atoms with Gasteiger partial charge in [-0.25, -0.2) is 0 Å². The molecule has 0 saturated carbocycles. The van der Waals surface area contributed by atoms with Gasteiger partial charge in [-0.15, -0.1) is 0 Å². The van der Waals surface area contributed by atoms with Gasteiger partial charge < -0.3 is 5.32 Å². The predicted molar refractivity (Wildman–Crippen MR) is 173 cm³/mol. The van der Waals surface area contributed by atoms with Crippen molar-refractivity contribution in [1.29, 1.82) is 0 Å². The number of hydrogen-bond donors (Lipinski definition) is 1. The quantitative estimate of drug-likeness (QED) is 0.207. The van der Waals surface area contributed by atoms with Crippen LogP contribution in [-0.2, 0) is 0 Å². The summed E-state index contributed by atoms with van der Waals surface area (Å²) in [5, 5.41) is 3.26. The molecule has 0 atom stereocenters. The van der Waals surface area contributed by atoms with E-state index in [1.54, 1.807) is 0 Å². The molecule has 0 fully saturated rings. The third-order valence-corrected chi connectivity index (χ3v) is 6.75. The molecule has 5 aromatic carbocycles. The van der Waals surface area contributed by atoms with Crippen LogP contribution in [0.3, 0.4) is 0 Å². The highest BCUT2D eigenvalue weighted by Crippen LogP contribution is 2.36. The summed E-state index contributed by atoms with van der Waals surface area (Å²) < 4.78 is 0. The summed E-state index contributed by atoms with van der Waals surface area (Å²) in [4.78, 5) is 14.3. The molecule has 5 aromatic rings. The molecule has 2 nitrogen and oxygen atoms in total. The van der Waals surface area contributed by atoms with E-state index in [-0.39, 0.29) is 5.91 Å². The number of rotatable bonds is 7. The summed E-state index contributed by atoms with van der Waals surface area (Å²) in [6.07, 6.45) is 4.34. The minimum Gasteiger partial charge on any atom is -0.347 e. The van der Waals surface area contributed by atoms with Crippen LogP contribution in [0.5, 0.6) is 0 Å². The van der Waals surface area contributed by atoms with Crippen LogP contribution in [0.4, 0.5) is 0 Å². The first-order chi connectivity index (χ1) is 19.9. The maximum absolute atomic E-state index is 14.3. The summed E-state index contributed by atoms with van der Waals surface area (Å²) in [6.45, 7) is 6.05. The van der Waals surface area contributed by atoms with Gasteiger partial charge in [-0.05, 0) is 77.5 Å². The van der Waals surface area contributed by atoms with Crippen LogP contribution < -0.4 is 5.32 Å². The zero-order valence-electron chi connectivity index (χ0n) is 23.8. The Morgan fingerprint density at radius 3 is 1.24 bits per heavy atom. The monoisotopic (exact) mass is 533 g/mol. The van der Waals surface area contributed by atoms with Gasteiger partial charge in [0.15, 0.2) is 0 Å². The molecule has 5 rings (SSSR count). The van der Waals surface area contributed by atoms with Gasteiger partial charge in [-0.3, -0.25) is 4.79 Å². The van der Waals surface area contributed by atoms with Crippen molar-refractivity contribution in [1.82, 2.24) is 5.32 Å². The second-order valence-electron chi connectivity index (χ2n) is 11.1. The van der Waals surface area contributed by atoms with Crippen molar-refractivity contribution in [3.8, 4) is 0 Å². The van der Waals surface area contributed by atoms with Crippen molar-refractivity contribution in [3.05, 3.63) is 178 Å². The number of carbonyl (C=O) groups excluding carboxylic acids is 1. The number of amides is 1. The molecule has 0 aromatic heterocycles. The zero-order chi connectivity index (χ0) is 28.7. The average molecular weight is 534 g/mol. The summed E-state index contributed by atoms with van der Waals surface area (Å²) in [5.41, 5.74) is 8.23. The van der Waals surface area contributed by atoms with Crippen LogP contribution >= 0.6 is 0 Å². The predicted octanol–water partition coefficient (Wildman–Crippen LogP) is 9.39. The van der Waals surface area contributed by atoms with Gasteiger partial charge >= 0.3 is 0 Å². The van der Waals surface area contributed by atoms with Gasteiger partial charge in [0, 0.05) is 5.54 Å². The Morgan fingerprint density at radius 2 is 0.878 bits per heavy atom. The second-order valence-corrected chi connectivity index (χ2v) is 11.1. The topological polar surface area (TPSA) is 29.1 Å². The van der Waals surface area contributed by atoms with E-state index < -0.39 is 5.54 Å². The molecular weight excluding hydrogens is 498 g/mol. The molecule has 0 aliphatic carbocycles. The molecule has 2 heteroatoms. The van der Waals surface area contributed by atoms with E-state index in [0.29, 0.717) is 5.56 Å². The number of benzene rings is 5. The molecule has 1 N–H and O–H groups in total. The van der Waals surface area contributed by atoms with E-state index in [1.165, 1.54) is 0 Å². The van der Waals surface area contributed by atoms with Crippen LogP contribution in [-0.4, -0.2) is 11.4 Å². The van der Waals surface area contributed by atoms with Crippen LogP contribution in [0.25, 0.3) is 23.3 Å². The fraction of sp³-hybridized carbons (Fsp3) is 0.103. The SMILES string of the molecule is CC(C)(C)NC(=O)c1c(/C(=C/c2ccccc2)c2ccccc2)cccc1/C(=C/c1ccccc1)c1ccccc1. The summed E-state index contributed by atoms with van der Waals surface area (Å²) in [6, 6.07) is 47.3. The number of nitrogens with one attached hydrogen (secondary N) is 1. The Bertz CT molecular complexity index is 1550. The molecule has 0 heterocycles. The molecule has 0 spiro atoms. The molecule has 0 radical (unpaired) electrons. The molecule has 202 valence electrons. The minimum absolute atomic E-state index is 0.104. The highest BCUT2D eigenvalue weighted by Gasteiger charge is 2.25. The smallest absolute Gasteiger partial charge is 0.252 e. The van der Waals surface area contributed by atoms with Crippen molar-refractivity contribution in [2.75, 3.05) is 0 Å². The van der Waals surface area contributed by atoms with Crippen molar-refractivity contribution >= 4 is 29.2 Å². The molecule has 1 amide bonds. The van der Waals surface area contributed by atoms with Crippen molar-refractivity contribution < 1.29 is 4.79 Å². The Balaban J connectivity index is 1.83. The zero-order valence-corrected chi connectivity index (χ0v) is 23.8. The number of carbonyl (C=O) groups is 1.